The fourth-order valence-electron chi connectivity index (χ4n) is 4.56. The highest BCUT2D eigenvalue weighted by atomic mass is 19.1. The summed E-state index contributed by atoms with van der Waals surface area (Å²) in [6.07, 6.45) is 1.85. The minimum absolute atomic E-state index is 0.0642. The van der Waals surface area contributed by atoms with Gasteiger partial charge in [-0.15, -0.1) is 0 Å². The minimum Gasteiger partial charge on any atom is -0.332 e. The second kappa shape index (κ2) is 4.37. The highest BCUT2D eigenvalue weighted by Gasteiger charge is 2.72. The lowest BCUT2D eigenvalue weighted by atomic mass is 9.35. The molecule has 3 aliphatic carbocycles. The number of alkyl halides is 1. The number of nitrogens with zero attached hydrogens (tertiary/aromatic N) is 1. The van der Waals surface area contributed by atoms with E-state index in [9.17, 15) is 18.4 Å². The Kier molecular flexibility index (Phi) is 2.75. The van der Waals surface area contributed by atoms with Crippen molar-refractivity contribution in [3.63, 3.8) is 0 Å². The van der Waals surface area contributed by atoms with Crippen molar-refractivity contribution in [1.29, 1.82) is 0 Å². The molecule has 1 amide bonds. The maximum absolute atomic E-state index is 13.9. The molecular formula is C17H17F2NO2. The molecule has 0 N–H and O–H groups in total. The number of benzene rings is 1. The van der Waals surface area contributed by atoms with Crippen LogP contribution >= 0.6 is 0 Å². The lowest BCUT2D eigenvalue weighted by molar-refractivity contribution is -0.208. The van der Waals surface area contributed by atoms with E-state index in [-0.39, 0.29) is 30.1 Å². The number of hydrogen-bond donors (Lipinski definition) is 0. The van der Waals surface area contributed by atoms with Gasteiger partial charge in [0.05, 0.1) is 18.0 Å². The van der Waals surface area contributed by atoms with Gasteiger partial charge in [0, 0.05) is 11.8 Å². The molecule has 5 rings (SSSR count). The van der Waals surface area contributed by atoms with Gasteiger partial charge in [-0.2, -0.15) is 0 Å². The fourth-order valence-corrected chi connectivity index (χ4v) is 4.56. The topological polar surface area (TPSA) is 37.4 Å². The van der Waals surface area contributed by atoms with Crippen LogP contribution < -0.4 is 0 Å². The molecule has 116 valence electrons. The van der Waals surface area contributed by atoms with Gasteiger partial charge in [0.1, 0.15) is 18.3 Å². The monoisotopic (exact) mass is 305 g/mol. The van der Waals surface area contributed by atoms with E-state index < -0.39 is 17.6 Å². The Bertz CT molecular complexity index is 640. The zero-order valence-corrected chi connectivity index (χ0v) is 12.1. The Morgan fingerprint density at radius 2 is 2.05 bits per heavy atom. The van der Waals surface area contributed by atoms with E-state index >= 15 is 0 Å². The Balaban J connectivity index is 1.58. The zero-order chi connectivity index (χ0) is 15.5. The third kappa shape index (κ3) is 1.77. The van der Waals surface area contributed by atoms with Gasteiger partial charge < -0.3 is 9.69 Å². The summed E-state index contributed by atoms with van der Waals surface area (Å²) in [4.78, 5) is 25.4. The third-order valence-electron chi connectivity index (χ3n) is 5.52. The summed E-state index contributed by atoms with van der Waals surface area (Å²) < 4.78 is 27.3. The summed E-state index contributed by atoms with van der Waals surface area (Å²) in [5, 5.41) is 0. The van der Waals surface area contributed by atoms with E-state index in [0.29, 0.717) is 24.8 Å². The molecule has 4 fully saturated rings. The molecular weight excluding hydrogens is 288 g/mol. The van der Waals surface area contributed by atoms with Crippen molar-refractivity contribution in [3.05, 3.63) is 35.6 Å². The molecule has 2 unspecified atom stereocenters. The maximum atomic E-state index is 13.9. The van der Waals surface area contributed by atoms with Crippen LogP contribution in [0.1, 0.15) is 37.3 Å². The first-order chi connectivity index (χ1) is 10.5. The zero-order valence-electron chi connectivity index (χ0n) is 12.1. The van der Waals surface area contributed by atoms with Gasteiger partial charge in [-0.3, -0.25) is 4.79 Å². The van der Waals surface area contributed by atoms with Crippen molar-refractivity contribution in [1.82, 2.24) is 4.90 Å². The summed E-state index contributed by atoms with van der Waals surface area (Å²) in [5.41, 5.74) is -0.111. The molecule has 1 aromatic rings. The lowest BCUT2D eigenvalue weighted by Gasteiger charge is -2.67. The Morgan fingerprint density at radius 3 is 2.68 bits per heavy atom. The standard InChI is InChI=1S/C17H17F2NO2/c18-12-3-1-2-11(4-12)14-5-13(19)6-20(14)15(22)17-7-16(8-17,9-17)10-21/h1-4,10,13-14H,5-9H2. The van der Waals surface area contributed by atoms with Crippen molar-refractivity contribution in [2.24, 2.45) is 10.8 Å². The van der Waals surface area contributed by atoms with Gasteiger partial charge in [0.25, 0.3) is 0 Å². The van der Waals surface area contributed by atoms with Crippen molar-refractivity contribution >= 4 is 12.2 Å². The van der Waals surface area contributed by atoms with E-state index in [4.69, 9.17) is 0 Å². The predicted molar refractivity (Wildman–Crippen MR) is 75.1 cm³/mol. The van der Waals surface area contributed by atoms with Gasteiger partial charge >= 0.3 is 0 Å². The number of amides is 1. The first kappa shape index (κ1) is 13.9. The lowest BCUT2D eigenvalue weighted by Crippen LogP contribution is -2.68. The number of rotatable bonds is 3. The van der Waals surface area contributed by atoms with Crippen LogP contribution in [0.25, 0.3) is 0 Å². The molecule has 2 atom stereocenters. The van der Waals surface area contributed by atoms with Crippen LogP contribution in [0.15, 0.2) is 24.3 Å². The Hall–Kier alpha value is -1.78. The van der Waals surface area contributed by atoms with Crippen LogP contribution in [0, 0.1) is 16.6 Å². The number of hydrogen-bond acceptors (Lipinski definition) is 2. The summed E-state index contributed by atoms with van der Waals surface area (Å²) >= 11 is 0. The quantitative estimate of drug-likeness (QED) is 0.805. The number of halogens is 2. The van der Waals surface area contributed by atoms with Crippen molar-refractivity contribution in [3.8, 4) is 0 Å². The summed E-state index contributed by atoms with van der Waals surface area (Å²) in [6, 6.07) is 5.63. The minimum atomic E-state index is -1.08. The smallest absolute Gasteiger partial charge is 0.229 e. The summed E-state index contributed by atoms with van der Waals surface area (Å²) in [7, 11) is 0. The molecule has 22 heavy (non-hydrogen) atoms. The van der Waals surface area contributed by atoms with Crippen LogP contribution in [-0.4, -0.2) is 29.8 Å². The van der Waals surface area contributed by atoms with E-state index in [0.717, 1.165) is 6.29 Å². The van der Waals surface area contributed by atoms with Crippen LogP contribution in [0.2, 0.25) is 0 Å². The highest BCUT2D eigenvalue weighted by molar-refractivity contribution is 5.90. The van der Waals surface area contributed by atoms with E-state index in [2.05, 4.69) is 0 Å². The molecule has 4 aliphatic rings. The summed E-state index contributed by atoms with van der Waals surface area (Å²) in [5.74, 6) is -0.441. The van der Waals surface area contributed by atoms with Gasteiger partial charge in [-0.05, 0) is 37.0 Å². The molecule has 1 aromatic carbocycles. The summed E-state index contributed by atoms with van der Waals surface area (Å²) in [6.45, 7) is 0.0653. The second-order valence-electron chi connectivity index (χ2n) is 7.15. The van der Waals surface area contributed by atoms with Crippen LogP contribution in [-0.2, 0) is 9.59 Å². The van der Waals surface area contributed by atoms with Gasteiger partial charge in [0.2, 0.25) is 5.91 Å². The van der Waals surface area contributed by atoms with Crippen molar-refractivity contribution < 1.29 is 18.4 Å². The molecule has 1 aliphatic heterocycles. The SMILES string of the molecule is O=CC12CC(C(=O)N3CC(F)CC3c3cccc(F)c3)(C1)C2. The van der Waals surface area contributed by atoms with Crippen molar-refractivity contribution in [2.45, 2.75) is 37.9 Å². The van der Waals surface area contributed by atoms with Gasteiger partial charge in [0.15, 0.2) is 0 Å². The maximum Gasteiger partial charge on any atom is 0.229 e. The fraction of sp³-hybridized carbons (Fsp3) is 0.529. The van der Waals surface area contributed by atoms with E-state index in [1.54, 1.807) is 17.0 Å². The van der Waals surface area contributed by atoms with Gasteiger partial charge in [-0.25, -0.2) is 8.78 Å². The molecule has 3 nitrogen and oxygen atoms in total. The Labute approximate surface area is 127 Å². The number of likely N-dealkylation sites (tertiary alicyclic amines) is 1. The molecule has 2 bridgehead atoms. The molecule has 5 heteroatoms. The van der Waals surface area contributed by atoms with Gasteiger partial charge in [-0.1, -0.05) is 12.1 Å². The van der Waals surface area contributed by atoms with Crippen LogP contribution in [0.3, 0.4) is 0 Å². The van der Waals surface area contributed by atoms with Crippen molar-refractivity contribution in [2.75, 3.05) is 6.54 Å². The second-order valence-corrected chi connectivity index (χ2v) is 7.15. The molecule has 1 saturated heterocycles. The first-order valence-corrected chi connectivity index (χ1v) is 7.64. The number of aldehydes is 1. The molecule has 0 radical (unpaired) electrons. The van der Waals surface area contributed by atoms with E-state index in [1.165, 1.54) is 12.1 Å². The average molecular weight is 305 g/mol. The number of carbonyl (C=O) groups excluding carboxylic acids is 2. The molecule has 0 spiro atoms. The van der Waals surface area contributed by atoms with Crippen LogP contribution in [0.5, 0.6) is 0 Å². The largest absolute Gasteiger partial charge is 0.332 e. The molecule has 3 saturated carbocycles. The van der Waals surface area contributed by atoms with E-state index in [1.807, 2.05) is 0 Å². The highest BCUT2D eigenvalue weighted by Crippen LogP contribution is 2.73. The van der Waals surface area contributed by atoms with Crippen LogP contribution in [0.4, 0.5) is 8.78 Å². The molecule has 1 heterocycles. The third-order valence-corrected chi connectivity index (χ3v) is 5.52. The first-order valence-electron chi connectivity index (χ1n) is 7.64. The predicted octanol–water partition coefficient (Wildman–Crippen LogP) is 2.81. The average Bonchev–Trinajstić information content (AvgIpc) is 2.78. The molecule has 0 aromatic heterocycles. The number of carbonyl (C=O) groups is 2. The normalized spacial score (nSPS) is 39.1. The Morgan fingerprint density at radius 1 is 1.32 bits per heavy atom.